The number of carbonyl (C=O) groups excluding carboxylic acids is 2. The molecule has 9 nitrogen and oxygen atoms in total. The van der Waals surface area contributed by atoms with Crippen LogP contribution in [0.4, 0.5) is 0 Å². The average Bonchev–Trinajstić information content (AvgIpc) is 2.26. The maximum Gasteiger partial charge on any atom is 0.237 e. The van der Waals surface area contributed by atoms with E-state index in [0.717, 1.165) is 0 Å². The van der Waals surface area contributed by atoms with Gasteiger partial charge in [-0.1, -0.05) is 0 Å². The molecule has 1 amide bonds. The van der Waals surface area contributed by atoms with E-state index in [0.29, 0.717) is 0 Å². The van der Waals surface area contributed by atoms with E-state index in [1.54, 1.807) is 0 Å². The van der Waals surface area contributed by atoms with Crippen molar-refractivity contribution >= 4 is 17.7 Å². The van der Waals surface area contributed by atoms with E-state index in [4.69, 9.17) is 10.5 Å². The fraction of sp³-hybridized carbons (Fsp3) is 0.700. The number of hydrogen-bond donors (Lipinski definition) is 5. The van der Waals surface area contributed by atoms with E-state index in [9.17, 15) is 24.9 Å². The molecule has 0 aliphatic carbocycles. The van der Waals surface area contributed by atoms with Crippen LogP contribution in [0.3, 0.4) is 0 Å². The molecule has 1 aliphatic rings. The summed E-state index contributed by atoms with van der Waals surface area (Å²) in [6, 6.07) is -2.08. The maximum absolute atomic E-state index is 11.1. The number of nitrogens with two attached hydrogens (primary N) is 1. The molecular formula is C10H17N3O6. The van der Waals surface area contributed by atoms with E-state index < -0.39 is 42.5 Å². The van der Waals surface area contributed by atoms with Gasteiger partial charge in [-0.3, -0.25) is 15.5 Å². The molecule has 1 heterocycles. The van der Waals surface area contributed by atoms with Crippen LogP contribution in [0.25, 0.3) is 0 Å². The van der Waals surface area contributed by atoms with Crippen molar-refractivity contribution in [3.05, 3.63) is 0 Å². The molecule has 0 saturated carbocycles. The summed E-state index contributed by atoms with van der Waals surface area (Å²) < 4.78 is 4.72. The highest BCUT2D eigenvalue weighted by Gasteiger charge is 2.47. The van der Waals surface area contributed by atoms with Crippen LogP contribution < -0.4 is 21.1 Å². The number of carbonyl (C=O) groups is 2. The second-order valence-electron chi connectivity index (χ2n) is 4.34. The van der Waals surface area contributed by atoms with Crippen molar-refractivity contribution in [2.45, 2.75) is 44.4 Å². The van der Waals surface area contributed by atoms with Gasteiger partial charge in [0.1, 0.15) is 24.3 Å². The Morgan fingerprint density at radius 2 is 1.95 bits per heavy atom. The molecule has 19 heavy (non-hydrogen) atoms. The van der Waals surface area contributed by atoms with Crippen molar-refractivity contribution in [3.63, 3.8) is 0 Å². The number of aliphatic hydroxyl groups is 2. The van der Waals surface area contributed by atoms with Crippen LogP contribution in [0.2, 0.25) is 0 Å². The molecule has 0 aromatic heterocycles. The van der Waals surface area contributed by atoms with Crippen molar-refractivity contribution < 1.29 is 34.6 Å². The monoisotopic (exact) mass is 275 g/mol. The Hall–Kier alpha value is -1.71. The van der Waals surface area contributed by atoms with Crippen molar-refractivity contribution in [2.75, 3.05) is 0 Å². The lowest BCUT2D eigenvalue weighted by atomic mass is 9.94. The second kappa shape index (κ2) is 5.95. The Labute approximate surface area is 109 Å². The normalized spacial score (nSPS) is 35.8. The van der Waals surface area contributed by atoms with Gasteiger partial charge in [0.2, 0.25) is 11.7 Å². The van der Waals surface area contributed by atoms with Crippen LogP contribution in [-0.2, 0) is 14.3 Å². The smallest absolute Gasteiger partial charge is 0.237 e. The van der Waals surface area contributed by atoms with Crippen molar-refractivity contribution in [2.24, 2.45) is 5.73 Å². The fourth-order valence-corrected chi connectivity index (χ4v) is 1.92. The topological polar surface area (TPSA) is 159 Å². The predicted molar refractivity (Wildman–Crippen MR) is 59.1 cm³/mol. The van der Waals surface area contributed by atoms with Crippen molar-refractivity contribution in [3.8, 4) is 0 Å². The Morgan fingerprint density at radius 1 is 1.37 bits per heavy atom. The Morgan fingerprint density at radius 3 is 2.37 bits per heavy atom. The van der Waals surface area contributed by atoms with Gasteiger partial charge in [-0.15, -0.1) is 0 Å². The largest absolute Gasteiger partial charge is 0.547 e. The lowest BCUT2D eigenvalue weighted by molar-refractivity contribution is -0.540. The van der Waals surface area contributed by atoms with Gasteiger partial charge in [0.15, 0.2) is 6.29 Å². The summed E-state index contributed by atoms with van der Waals surface area (Å²) in [5, 5.41) is 32.8. The minimum atomic E-state index is -1.73. The lowest BCUT2D eigenvalue weighted by Crippen LogP contribution is -2.92. The number of amides is 1. The molecule has 6 N–H and O–H groups in total. The maximum atomic E-state index is 11.1. The summed E-state index contributed by atoms with van der Waals surface area (Å²) in [6.45, 7) is 2.69. The predicted octanol–water partition coefficient (Wildman–Crippen LogP) is -5.85. The minimum absolute atomic E-state index is 0.186. The van der Waals surface area contributed by atoms with Gasteiger partial charge in [-0.2, -0.15) is 0 Å². The first-order valence-electron chi connectivity index (χ1n) is 5.59. The third-order valence-electron chi connectivity index (χ3n) is 2.65. The highest BCUT2D eigenvalue weighted by molar-refractivity contribution is 5.74. The number of ether oxygens (including phenoxy) is 1. The Bertz CT molecular complexity index is 395. The Kier molecular flexibility index (Phi) is 4.81. The van der Waals surface area contributed by atoms with Crippen LogP contribution in [0.15, 0.2) is 0 Å². The summed E-state index contributed by atoms with van der Waals surface area (Å²) in [7, 11) is 0. The SMILES string of the molecule is CC(=O)N[C@H]1[C@@H]([NH+]=C(C)N)[C@H](O)[C@@H](C(=O)[O-])O[C@@H]1O. The van der Waals surface area contributed by atoms with Crippen LogP contribution in [0, 0.1) is 0 Å². The Balaban J connectivity index is 3.06. The van der Waals surface area contributed by atoms with E-state index in [-0.39, 0.29) is 5.84 Å². The van der Waals surface area contributed by atoms with E-state index >= 15 is 0 Å². The van der Waals surface area contributed by atoms with Crippen LogP contribution >= 0.6 is 0 Å². The zero-order valence-electron chi connectivity index (χ0n) is 10.5. The highest BCUT2D eigenvalue weighted by atomic mass is 16.6. The molecule has 5 atom stereocenters. The number of nitrogens with one attached hydrogen (secondary N) is 2. The zero-order valence-corrected chi connectivity index (χ0v) is 10.5. The number of carboxylic acids is 1. The quantitative estimate of drug-likeness (QED) is 0.253. The van der Waals surface area contributed by atoms with Gasteiger partial charge in [-0.25, -0.2) is 0 Å². The molecular weight excluding hydrogens is 258 g/mol. The first kappa shape index (κ1) is 15.3. The summed E-state index contributed by atoms with van der Waals surface area (Å²) in [6.07, 6.45) is -4.90. The number of aliphatic hydroxyl groups excluding tert-OH is 2. The molecule has 1 saturated heterocycles. The van der Waals surface area contributed by atoms with Crippen LogP contribution in [0.1, 0.15) is 13.8 Å². The average molecular weight is 275 g/mol. The van der Waals surface area contributed by atoms with E-state index in [1.807, 2.05) is 0 Å². The molecule has 0 aromatic rings. The summed E-state index contributed by atoms with van der Waals surface area (Å²) in [5.74, 6) is -1.96. The molecule has 0 spiro atoms. The molecule has 0 radical (unpaired) electrons. The number of carboxylic acid groups (broad SMARTS) is 1. The molecule has 0 unspecified atom stereocenters. The van der Waals surface area contributed by atoms with E-state index in [2.05, 4.69) is 10.3 Å². The molecule has 9 heteroatoms. The first-order valence-corrected chi connectivity index (χ1v) is 5.59. The lowest BCUT2D eigenvalue weighted by Gasteiger charge is -2.40. The number of hydrogen-bond acceptors (Lipinski definition) is 6. The molecule has 0 bridgehead atoms. The molecule has 108 valence electrons. The van der Waals surface area contributed by atoms with Gasteiger partial charge in [0.05, 0.1) is 5.97 Å². The number of amidine groups is 1. The second-order valence-corrected chi connectivity index (χ2v) is 4.34. The number of rotatable bonds is 3. The zero-order chi connectivity index (χ0) is 14.7. The van der Waals surface area contributed by atoms with Gasteiger partial charge in [0.25, 0.3) is 0 Å². The van der Waals surface area contributed by atoms with Crippen LogP contribution in [-0.4, -0.2) is 58.5 Å². The third kappa shape index (κ3) is 3.63. The van der Waals surface area contributed by atoms with Gasteiger partial charge in [0, 0.05) is 13.8 Å². The highest BCUT2D eigenvalue weighted by Crippen LogP contribution is 2.17. The fourth-order valence-electron chi connectivity index (χ4n) is 1.92. The minimum Gasteiger partial charge on any atom is -0.547 e. The van der Waals surface area contributed by atoms with Gasteiger partial charge < -0.3 is 30.2 Å². The standard InChI is InChI=1S/C10H17N3O6/c1-3(11)12-5-6(13-4(2)14)10(18)19-8(7(5)15)9(16)17/h5-8,10,15,18H,1-2H3,(H2,11,12)(H,13,14)(H,16,17)/t5-,6+,7+,8+,10+/m1/s1. The van der Waals surface area contributed by atoms with Gasteiger partial charge >= 0.3 is 0 Å². The molecule has 1 aliphatic heterocycles. The van der Waals surface area contributed by atoms with Crippen molar-refractivity contribution in [1.82, 2.24) is 5.32 Å². The summed E-state index contributed by atoms with van der Waals surface area (Å²) >= 11 is 0. The third-order valence-corrected chi connectivity index (χ3v) is 2.65. The number of aliphatic carboxylic acids is 1. The first-order chi connectivity index (χ1) is 8.73. The molecule has 1 rings (SSSR count). The molecule has 0 aromatic carbocycles. The molecule has 1 fully saturated rings. The van der Waals surface area contributed by atoms with Crippen LogP contribution in [0.5, 0.6) is 0 Å². The summed E-state index contributed by atoms with van der Waals surface area (Å²) in [4.78, 5) is 24.5. The van der Waals surface area contributed by atoms with Crippen molar-refractivity contribution in [1.29, 1.82) is 0 Å². The van der Waals surface area contributed by atoms with E-state index in [1.165, 1.54) is 13.8 Å². The summed E-state index contributed by atoms with van der Waals surface area (Å²) in [5.41, 5.74) is 5.44. The van der Waals surface area contributed by atoms with Gasteiger partial charge in [-0.05, 0) is 0 Å².